The van der Waals surface area contributed by atoms with Gasteiger partial charge in [0.05, 0.1) is 11.4 Å². The van der Waals surface area contributed by atoms with Gasteiger partial charge in [0.2, 0.25) is 23.6 Å². The largest absolute Gasteiger partial charge is 0.508 e. The van der Waals surface area contributed by atoms with Crippen LogP contribution in [0.25, 0.3) is 0 Å². The summed E-state index contributed by atoms with van der Waals surface area (Å²) >= 11 is 0. The van der Waals surface area contributed by atoms with E-state index >= 15 is 0 Å². The van der Waals surface area contributed by atoms with Crippen LogP contribution < -0.4 is 9.80 Å². The first-order valence-corrected chi connectivity index (χ1v) is 7.66. The highest BCUT2D eigenvalue weighted by Gasteiger charge is 2.36. The number of rotatable bonds is 2. The van der Waals surface area contributed by atoms with E-state index in [4.69, 9.17) is 0 Å². The van der Waals surface area contributed by atoms with Crippen LogP contribution in [-0.4, -0.2) is 33.8 Å². The fourth-order valence-electron chi connectivity index (χ4n) is 2.63. The van der Waals surface area contributed by atoms with Crippen LogP contribution in [0, 0.1) is 0 Å². The van der Waals surface area contributed by atoms with E-state index in [9.17, 15) is 29.4 Å². The molecule has 0 atom stereocenters. The lowest BCUT2D eigenvalue weighted by atomic mass is 10.1. The van der Waals surface area contributed by atoms with E-state index in [-0.39, 0.29) is 22.9 Å². The molecule has 0 aromatic heterocycles. The van der Waals surface area contributed by atoms with Crippen molar-refractivity contribution in [3.63, 3.8) is 0 Å². The first-order valence-electron chi connectivity index (χ1n) is 7.66. The maximum Gasteiger partial charge on any atom is 0.243 e. The van der Waals surface area contributed by atoms with Gasteiger partial charge in [-0.15, -0.1) is 0 Å². The zero-order valence-electron chi connectivity index (χ0n) is 13.5. The first-order chi connectivity index (χ1) is 12.4. The Balaban J connectivity index is 1.94. The molecule has 26 heavy (non-hydrogen) atoms. The van der Waals surface area contributed by atoms with Crippen molar-refractivity contribution in [2.45, 2.75) is 12.8 Å². The van der Waals surface area contributed by atoms with Gasteiger partial charge in [-0.1, -0.05) is 0 Å². The quantitative estimate of drug-likeness (QED) is 0.621. The molecule has 3 rings (SSSR count). The second kappa shape index (κ2) is 6.67. The van der Waals surface area contributed by atoms with E-state index in [0.717, 1.165) is 9.80 Å². The molecule has 132 valence electrons. The Bertz CT molecular complexity index is 785. The van der Waals surface area contributed by atoms with E-state index in [1.807, 2.05) is 0 Å². The third-order valence-corrected chi connectivity index (χ3v) is 3.82. The van der Waals surface area contributed by atoms with Crippen LogP contribution in [0.3, 0.4) is 0 Å². The van der Waals surface area contributed by atoms with Crippen LogP contribution in [0.15, 0.2) is 48.5 Å². The van der Waals surface area contributed by atoms with E-state index in [0.29, 0.717) is 0 Å². The molecule has 4 amide bonds. The normalized spacial score (nSPS) is 15.8. The maximum atomic E-state index is 12.5. The van der Waals surface area contributed by atoms with Crippen molar-refractivity contribution < 1.29 is 29.4 Å². The third kappa shape index (κ3) is 3.25. The molecular formula is C18H14N2O6. The number of carbonyl (C=O) groups is 4. The summed E-state index contributed by atoms with van der Waals surface area (Å²) in [4.78, 5) is 51.4. The van der Waals surface area contributed by atoms with Gasteiger partial charge in [-0.3, -0.25) is 19.2 Å². The summed E-state index contributed by atoms with van der Waals surface area (Å²) in [5.74, 6) is -3.20. The summed E-state index contributed by atoms with van der Waals surface area (Å²) in [5.41, 5.74) is 0.327. The summed E-state index contributed by atoms with van der Waals surface area (Å²) in [5, 5.41) is 18.7. The SMILES string of the molecule is O=C1CC(=O)N(c2ccc(O)cc2)C(=O)CC(=O)N1c1ccc(O)cc1. The second-order valence-electron chi connectivity index (χ2n) is 5.63. The molecular weight excluding hydrogens is 340 g/mol. The van der Waals surface area contributed by atoms with Gasteiger partial charge in [-0.25, -0.2) is 9.80 Å². The highest BCUT2D eigenvalue weighted by molar-refractivity contribution is 6.31. The Morgan fingerprint density at radius 1 is 0.538 bits per heavy atom. The zero-order valence-corrected chi connectivity index (χ0v) is 13.5. The van der Waals surface area contributed by atoms with E-state index < -0.39 is 36.5 Å². The molecule has 0 spiro atoms. The van der Waals surface area contributed by atoms with Crippen LogP contribution in [0.2, 0.25) is 0 Å². The highest BCUT2D eigenvalue weighted by Crippen LogP contribution is 2.25. The van der Waals surface area contributed by atoms with Crippen molar-refractivity contribution in [1.29, 1.82) is 0 Å². The van der Waals surface area contributed by atoms with Crippen LogP contribution in [0.1, 0.15) is 12.8 Å². The Labute approximate surface area is 147 Å². The number of phenols is 2. The molecule has 1 aliphatic heterocycles. The third-order valence-electron chi connectivity index (χ3n) is 3.82. The van der Waals surface area contributed by atoms with Gasteiger partial charge >= 0.3 is 0 Å². The number of phenolic OH excluding ortho intramolecular Hbond substituents is 2. The molecule has 1 heterocycles. The monoisotopic (exact) mass is 354 g/mol. The molecule has 2 aromatic carbocycles. The van der Waals surface area contributed by atoms with Crippen LogP contribution >= 0.6 is 0 Å². The van der Waals surface area contributed by atoms with E-state index in [1.54, 1.807) is 0 Å². The summed E-state index contributed by atoms with van der Waals surface area (Å²) < 4.78 is 0. The van der Waals surface area contributed by atoms with Crippen LogP contribution in [0.4, 0.5) is 11.4 Å². The Hall–Kier alpha value is -3.68. The number of anilines is 2. The summed E-state index contributed by atoms with van der Waals surface area (Å²) in [7, 11) is 0. The number of nitrogens with zero attached hydrogens (tertiary/aromatic N) is 2. The first kappa shape index (κ1) is 17.2. The van der Waals surface area contributed by atoms with Gasteiger partial charge in [0.15, 0.2) is 0 Å². The number of hydrogen-bond acceptors (Lipinski definition) is 6. The average molecular weight is 354 g/mol. The number of amides is 4. The zero-order chi connectivity index (χ0) is 18.8. The molecule has 2 aromatic rings. The smallest absolute Gasteiger partial charge is 0.243 e. The Morgan fingerprint density at radius 3 is 1.08 bits per heavy atom. The molecule has 1 aliphatic rings. The fraction of sp³-hybridized carbons (Fsp3) is 0.111. The molecule has 8 heteroatoms. The van der Waals surface area contributed by atoms with E-state index in [2.05, 4.69) is 0 Å². The predicted octanol–water partition coefficient (Wildman–Crippen LogP) is 1.31. The number of imide groups is 2. The van der Waals surface area contributed by atoms with Crippen LogP contribution in [-0.2, 0) is 19.2 Å². The minimum Gasteiger partial charge on any atom is -0.508 e. The number of carbonyl (C=O) groups excluding carboxylic acids is 4. The summed E-state index contributed by atoms with van der Waals surface area (Å²) in [6, 6.07) is 10.6. The molecule has 0 saturated carbocycles. The molecule has 0 unspecified atom stereocenters. The topological polar surface area (TPSA) is 115 Å². The lowest BCUT2D eigenvalue weighted by Crippen LogP contribution is -2.49. The minimum atomic E-state index is -0.776. The van der Waals surface area contributed by atoms with Crippen molar-refractivity contribution >= 4 is 35.0 Å². The lowest BCUT2D eigenvalue weighted by molar-refractivity contribution is -0.134. The molecule has 0 bridgehead atoms. The fourth-order valence-corrected chi connectivity index (χ4v) is 2.63. The molecule has 2 N–H and O–H groups in total. The molecule has 1 saturated heterocycles. The van der Waals surface area contributed by atoms with Gasteiger partial charge in [-0.2, -0.15) is 0 Å². The van der Waals surface area contributed by atoms with E-state index in [1.165, 1.54) is 48.5 Å². The van der Waals surface area contributed by atoms with Crippen molar-refractivity contribution in [3.05, 3.63) is 48.5 Å². The predicted molar refractivity (Wildman–Crippen MR) is 90.4 cm³/mol. The van der Waals surface area contributed by atoms with Gasteiger partial charge in [0, 0.05) is 0 Å². The summed E-state index contributed by atoms with van der Waals surface area (Å²) in [6.45, 7) is 0. The number of aromatic hydroxyl groups is 2. The van der Waals surface area contributed by atoms with Crippen molar-refractivity contribution in [2.75, 3.05) is 9.80 Å². The Morgan fingerprint density at radius 2 is 0.808 bits per heavy atom. The maximum absolute atomic E-state index is 12.5. The minimum absolute atomic E-state index is 0.0497. The highest BCUT2D eigenvalue weighted by atomic mass is 16.3. The van der Waals surface area contributed by atoms with Gasteiger partial charge in [0.25, 0.3) is 0 Å². The van der Waals surface area contributed by atoms with Crippen molar-refractivity contribution in [2.24, 2.45) is 0 Å². The number of benzene rings is 2. The molecule has 0 aliphatic carbocycles. The standard InChI is InChI=1S/C18H14N2O6/c21-13-5-1-11(2-6-13)19-15(23)9-17(25)20(18(26)10-16(19)24)12-3-7-14(22)8-4-12/h1-8,21-22H,9-10H2. The number of hydrogen-bond donors (Lipinski definition) is 2. The molecule has 1 fully saturated rings. The Kier molecular flexibility index (Phi) is 4.40. The van der Waals surface area contributed by atoms with Gasteiger partial charge in [-0.05, 0) is 48.5 Å². The summed E-state index contributed by atoms with van der Waals surface area (Å²) in [6.07, 6.45) is -1.36. The van der Waals surface area contributed by atoms with Crippen molar-refractivity contribution in [1.82, 2.24) is 0 Å². The van der Waals surface area contributed by atoms with Gasteiger partial charge < -0.3 is 10.2 Å². The van der Waals surface area contributed by atoms with Gasteiger partial charge in [0.1, 0.15) is 24.3 Å². The van der Waals surface area contributed by atoms with Crippen LogP contribution in [0.5, 0.6) is 11.5 Å². The average Bonchev–Trinajstić information content (AvgIpc) is 2.58. The molecule has 8 nitrogen and oxygen atoms in total. The second-order valence-corrected chi connectivity index (χ2v) is 5.63. The van der Waals surface area contributed by atoms with Crippen molar-refractivity contribution in [3.8, 4) is 11.5 Å². The lowest BCUT2D eigenvalue weighted by Gasteiger charge is -2.27. The molecule has 0 radical (unpaired) electrons.